The second-order valence-electron chi connectivity index (χ2n) is 5.00. The Morgan fingerprint density at radius 3 is 2.72 bits per heavy atom. The molecule has 0 aliphatic heterocycles. The van der Waals surface area contributed by atoms with Crippen molar-refractivity contribution in [3.05, 3.63) is 34.6 Å². The quantitative estimate of drug-likeness (QED) is 0.912. The van der Waals surface area contributed by atoms with Crippen molar-refractivity contribution >= 4 is 17.4 Å². The minimum absolute atomic E-state index is 0.0411. The van der Waals surface area contributed by atoms with Crippen LogP contribution in [0.2, 0.25) is 5.02 Å². The van der Waals surface area contributed by atoms with Gasteiger partial charge in [-0.15, -0.1) is 0 Å². The predicted molar refractivity (Wildman–Crippen MR) is 70.1 cm³/mol. The summed E-state index contributed by atoms with van der Waals surface area (Å²) in [7, 11) is 0. The van der Waals surface area contributed by atoms with Gasteiger partial charge in [0.1, 0.15) is 5.82 Å². The zero-order chi connectivity index (χ0) is 13.2. The monoisotopic (exact) mass is 269 g/mol. The molecule has 0 amide bonds. The largest absolute Gasteiger partial charge is 0.319 e. The molecule has 2 rings (SSSR count). The van der Waals surface area contributed by atoms with E-state index in [4.69, 9.17) is 17.3 Å². The van der Waals surface area contributed by atoms with Crippen LogP contribution in [0, 0.1) is 5.82 Å². The maximum atomic E-state index is 13.7. The molecule has 0 aromatic heterocycles. The van der Waals surface area contributed by atoms with E-state index in [0.29, 0.717) is 12.0 Å². The van der Waals surface area contributed by atoms with Crippen molar-refractivity contribution in [3.63, 3.8) is 0 Å². The molecule has 2 nitrogen and oxygen atoms in total. The fourth-order valence-electron chi connectivity index (χ4n) is 2.52. The summed E-state index contributed by atoms with van der Waals surface area (Å²) in [5.74, 6) is -0.385. The number of carbonyl (C=O) groups excluding carboxylic acids is 1. The van der Waals surface area contributed by atoms with E-state index in [1.807, 2.05) is 0 Å². The zero-order valence-electron chi connectivity index (χ0n) is 10.2. The molecular formula is C14H17ClFNO. The first-order valence-electron chi connectivity index (χ1n) is 6.28. The smallest absolute Gasteiger partial charge is 0.152 e. The van der Waals surface area contributed by atoms with Crippen LogP contribution in [-0.4, -0.2) is 11.3 Å². The van der Waals surface area contributed by atoms with Gasteiger partial charge in [-0.1, -0.05) is 36.6 Å². The van der Waals surface area contributed by atoms with Crippen molar-refractivity contribution in [2.75, 3.05) is 0 Å². The van der Waals surface area contributed by atoms with E-state index in [1.165, 1.54) is 6.07 Å². The summed E-state index contributed by atoms with van der Waals surface area (Å²) >= 11 is 5.70. The number of hydrogen-bond donors (Lipinski definition) is 1. The Morgan fingerprint density at radius 2 is 2.06 bits per heavy atom. The average Bonchev–Trinajstić information content (AvgIpc) is 2.79. The van der Waals surface area contributed by atoms with E-state index in [9.17, 15) is 9.18 Å². The summed E-state index contributed by atoms with van der Waals surface area (Å²) < 4.78 is 13.7. The molecule has 0 bridgehead atoms. The molecule has 0 radical (unpaired) electrons. The number of carbonyl (C=O) groups is 1. The van der Waals surface area contributed by atoms with Gasteiger partial charge in [-0.25, -0.2) is 4.39 Å². The van der Waals surface area contributed by atoms with E-state index in [2.05, 4.69) is 0 Å². The number of hydrogen-bond acceptors (Lipinski definition) is 2. The molecule has 1 aliphatic rings. The number of benzene rings is 1. The third kappa shape index (κ3) is 2.73. The molecule has 1 fully saturated rings. The standard InChI is InChI=1S/C14H17ClFNO/c15-11-5-3-4-10(13(11)16)6-7-12(18)14(17)8-1-2-9-14/h3-5H,1-2,6-9,17H2. The van der Waals surface area contributed by atoms with E-state index < -0.39 is 11.4 Å². The normalized spacial score (nSPS) is 17.9. The number of halogens is 2. The summed E-state index contributed by atoms with van der Waals surface area (Å²) in [5, 5.41) is 0.100. The van der Waals surface area contributed by atoms with Crippen molar-refractivity contribution in [3.8, 4) is 0 Å². The van der Waals surface area contributed by atoms with Crippen LogP contribution < -0.4 is 5.73 Å². The molecule has 1 aliphatic carbocycles. The Hall–Kier alpha value is -0.930. The highest BCUT2D eigenvalue weighted by Crippen LogP contribution is 2.29. The van der Waals surface area contributed by atoms with E-state index in [1.54, 1.807) is 12.1 Å². The van der Waals surface area contributed by atoms with Gasteiger partial charge in [-0.05, 0) is 30.9 Å². The van der Waals surface area contributed by atoms with E-state index >= 15 is 0 Å². The van der Waals surface area contributed by atoms with Gasteiger partial charge in [0.05, 0.1) is 10.6 Å². The molecule has 1 saturated carbocycles. The third-order valence-electron chi connectivity index (χ3n) is 3.70. The molecular weight excluding hydrogens is 253 g/mol. The first-order valence-corrected chi connectivity index (χ1v) is 6.66. The number of aryl methyl sites for hydroxylation is 1. The molecule has 0 atom stereocenters. The van der Waals surface area contributed by atoms with Gasteiger partial charge in [-0.2, -0.15) is 0 Å². The Balaban J connectivity index is 1.99. The van der Waals surface area contributed by atoms with Crippen LogP contribution in [0.25, 0.3) is 0 Å². The molecule has 2 N–H and O–H groups in total. The third-order valence-corrected chi connectivity index (χ3v) is 4.00. The summed E-state index contributed by atoms with van der Waals surface area (Å²) in [6.07, 6.45) is 4.17. The van der Waals surface area contributed by atoms with E-state index in [0.717, 1.165) is 25.7 Å². The molecule has 0 spiro atoms. The molecule has 1 aromatic carbocycles. The number of ketones is 1. The highest BCUT2D eigenvalue weighted by atomic mass is 35.5. The van der Waals surface area contributed by atoms with Gasteiger partial charge in [0.2, 0.25) is 0 Å². The molecule has 4 heteroatoms. The SMILES string of the molecule is NC1(C(=O)CCc2cccc(Cl)c2F)CCCC1. The molecule has 0 unspecified atom stereocenters. The fraction of sp³-hybridized carbons (Fsp3) is 0.500. The Morgan fingerprint density at radius 1 is 1.39 bits per heavy atom. The van der Waals surface area contributed by atoms with Gasteiger partial charge >= 0.3 is 0 Å². The predicted octanol–water partition coefficient (Wildman–Crippen LogP) is 3.25. The Kier molecular flexibility index (Phi) is 4.03. The topological polar surface area (TPSA) is 43.1 Å². The molecule has 18 heavy (non-hydrogen) atoms. The summed E-state index contributed by atoms with van der Waals surface area (Å²) in [6, 6.07) is 4.86. The van der Waals surface area contributed by atoms with Crippen LogP contribution in [0.3, 0.4) is 0 Å². The van der Waals surface area contributed by atoms with E-state index in [-0.39, 0.29) is 17.2 Å². The van der Waals surface area contributed by atoms with Crippen molar-refractivity contribution in [2.45, 2.75) is 44.1 Å². The van der Waals surface area contributed by atoms with Crippen molar-refractivity contribution in [1.29, 1.82) is 0 Å². The summed E-state index contributed by atoms with van der Waals surface area (Å²) in [6.45, 7) is 0. The second-order valence-corrected chi connectivity index (χ2v) is 5.41. The lowest BCUT2D eigenvalue weighted by Gasteiger charge is -2.21. The maximum Gasteiger partial charge on any atom is 0.152 e. The fourth-order valence-corrected chi connectivity index (χ4v) is 2.72. The van der Waals surface area contributed by atoms with Gasteiger partial charge in [0.15, 0.2) is 5.78 Å². The molecule has 0 heterocycles. The number of rotatable bonds is 4. The minimum Gasteiger partial charge on any atom is -0.319 e. The van der Waals surface area contributed by atoms with Crippen LogP contribution >= 0.6 is 11.6 Å². The number of Topliss-reactive ketones (excluding diaryl/α,β-unsaturated/α-hetero) is 1. The van der Waals surface area contributed by atoms with Crippen molar-refractivity contribution in [1.82, 2.24) is 0 Å². The van der Waals surface area contributed by atoms with Crippen LogP contribution in [0.15, 0.2) is 18.2 Å². The molecule has 98 valence electrons. The average molecular weight is 270 g/mol. The molecule has 1 aromatic rings. The van der Waals surface area contributed by atoms with Crippen molar-refractivity contribution < 1.29 is 9.18 Å². The van der Waals surface area contributed by atoms with Gasteiger partial charge in [-0.3, -0.25) is 4.79 Å². The second kappa shape index (κ2) is 5.37. The minimum atomic E-state index is -0.672. The van der Waals surface area contributed by atoms with Crippen LogP contribution in [-0.2, 0) is 11.2 Å². The van der Waals surface area contributed by atoms with Crippen LogP contribution in [0.4, 0.5) is 4.39 Å². The Labute approximate surface area is 111 Å². The lowest BCUT2D eigenvalue weighted by Crippen LogP contribution is -2.45. The summed E-state index contributed by atoms with van der Waals surface area (Å²) in [5.41, 5.74) is 5.88. The van der Waals surface area contributed by atoms with Crippen LogP contribution in [0.1, 0.15) is 37.7 Å². The highest BCUT2D eigenvalue weighted by molar-refractivity contribution is 6.30. The molecule has 0 saturated heterocycles. The van der Waals surface area contributed by atoms with Gasteiger partial charge in [0.25, 0.3) is 0 Å². The van der Waals surface area contributed by atoms with Crippen molar-refractivity contribution in [2.24, 2.45) is 5.73 Å². The lowest BCUT2D eigenvalue weighted by atomic mass is 9.89. The maximum absolute atomic E-state index is 13.7. The first-order chi connectivity index (χ1) is 8.53. The summed E-state index contributed by atoms with van der Waals surface area (Å²) in [4.78, 5) is 12.1. The Bertz CT molecular complexity index is 455. The zero-order valence-corrected chi connectivity index (χ0v) is 11.0. The first kappa shape index (κ1) is 13.5. The van der Waals surface area contributed by atoms with Gasteiger partial charge < -0.3 is 5.73 Å². The number of nitrogens with two attached hydrogens (primary N) is 1. The highest BCUT2D eigenvalue weighted by Gasteiger charge is 2.36. The lowest BCUT2D eigenvalue weighted by molar-refractivity contribution is -0.124. The van der Waals surface area contributed by atoms with Gasteiger partial charge in [0, 0.05) is 6.42 Å². The van der Waals surface area contributed by atoms with Crippen LogP contribution in [0.5, 0.6) is 0 Å².